The van der Waals surface area contributed by atoms with Crippen LogP contribution in [0.4, 0.5) is 0 Å². The van der Waals surface area contributed by atoms with E-state index >= 15 is 0 Å². The van der Waals surface area contributed by atoms with Gasteiger partial charge >= 0.3 is 0 Å². The van der Waals surface area contributed by atoms with Crippen molar-refractivity contribution in [3.8, 4) is 0 Å². The fraction of sp³-hybridized carbons (Fsp3) is 0.167. The van der Waals surface area contributed by atoms with Gasteiger partial charge in [0.2, 0.25) is 0 Å². The molecule has 0 aromatic carbocycles. The van der Waals surface area contributed by atoms with E-state index in [9.17, 15) is 0 Å². The van der Waals surface area contributed by atoms with Crippen LogP contribution in [-0.4, -0.2) is 0 Å². The molecule has 2 heteroatoms. The molecule has 0 bridgehead atoms. The first-order valence-corrected chi connectivity index (χ1v) is 2.24. The smallest absolute Gasteiger partial charge is 0.174 e. The number of rotatable bonds is 2. The Morgan fingerprint density at radius 3 is 3.12 bits per heavy atom. The molecule has 0 fully saturated rings. The fourth-order valence-electron chi connectivity index (χ4n) is 0.466. The van der Waals surface area contributed by atoms with Gasteiger partial charge in [-0.3, -0.25) is 0 Å². The van der Waals surface area contributed by atoms with Gasteiger partial charge in [0.25, 0.3) is 0 Å². The Kier molecular flexibility index (Phi) is 1.70. The minimum atomic E-state index is 0.229. The summed E-state index contributed by atoms with van der Waals surface area (Å²) >= 11 is 0. The molecular weight excluding hydrogens is 104 g/mol. The van der Waals surface area contributed by atoms with Gasteiger partial charge < -0.3 is 9.15 Å². The molecule has 1 heterocycles. The molecule has 0 aliphatic heterocycles. The molecule has 2 nitrogen and oxygen atoms in total. The predicted molar refractivity (Wildman–Crippen MR) is 26.7 cm³/mol. The molecule has 41 valence electrons. The maximum Gasteiger partial charge on any atom is 0.174 e. The second-order valence-corrected chi connectivity index (χ2v) is 1.37. The van der Waals surface area contributed by atoms with Crippen LogP contribution in [0.1, 0.15) is 5.76 Å². The van der Waals surface area contributed by atoms with E-state index in [1.54, 1.807) is 18.4 Å². The van der Waals surface area contributed by atoms with Crippen LogP contribution >= 0.6 is 0 Å². The first-order chi connectivity index (χ1) is 3.93. The molecule has 0 aliphatic carbocycles. The zero-order chi connectivity index (χ0) is 5.82. The van der Waals surface area contributed by atoms with Crippen LogP contribution in [0, 0.1) is 7.11 Å². The summed E-state index contributed by atoms with van der Waals surface area (Å²) in [5, 5.41) is 0. The summed E-state index contributed by atoms with van der Waals surface area (Å²) in [7, 11) is 6.32. The van der Waals surface area contributed by atoms with E-state index in [0.717, 1.165) is 0 Å². The summed E-state index contributed by atoms with van der Waals surface area (Å²) in [6.45, 7) is 0.229. The number of furan rings is 1. The summed E-state index contributed by atoms with van der Waals surface area (Å²) < 4.78 is 8.87. The van der Waals surface area contributed by atoms with Gasteiger partial charge in [0, 0.05) is 0 Å². The van der Waals surface area contributed by atoms with Crippen molar-refractivity contribution in [1.82, 2.24) is 0 Å². The van der Waals surface area contributed by atoms with Gasteiger partial charge in [0.15, 0.2) is 7.11 Å². The molecule has 0 atom stereocenters. The number of ether oxygens (including phenoxy) is 1. The van der Waals surface area contributed by atoms with Crippen LogP contribution in [0.15, 0.2) is 22.8 Å². The standard InChI is InChI=1S/C6H5O2/c1-7-5-6-3-2-4-8-6/h2-4H,5H2. The first-order valence-electron chi connectivity index (χ1n) is 2.24. The van der Waals surface area contributed by atoms with E-state index in [1.807, 2.05) is 0 Å². The van der Waals surface area contributed by atoms with Gasteiger partial charge in [-0.1, -0.05) is 0 Å². The van der Waals surface area contributed by atoms with E-state index in [1.165, 1.54) is 0 Å². The second-order valence-electron chi connectivity index (χ2n) is 1.37. The van der Waals surface area contributed by atoms with Crippen LogP contribution in [0.3, 0.4) is 0 Å². The van der Waals surface area contributed by atoms with Crippen LogP contribution in [0.25, 0.3) is 0 Å². The molecule has 0 saturated carbocycles. The zero-order valence-electron chi connectivity index (χ0n) is 4.26. The van der Waals surface area contributed by atoms with Crippen molar-refractivity contribution in [3.63, 3.8) is 0 Å². The molecular formula is C6H5O2. The lowest BCUT2D eigenvalue weighted by atomic mass is 10.5. The Bertz CT molecular complexity index is 132. The topological polar surface area (TPSA) is 22.4 Å². The molecule has 1 aromatic heterocycles. The summed E-state index contributed by atoms with van der Waals surface area (Å²) in [5.41, 5.74) is 0. The number of hydrogen-bond donors (Lipinski definition) is 0. The zero-order valence-corrected chi connectivity index (χ0v) is 4.26. The lowest BCUT2D eigenvalue weighted by Crippen LogP contribution is -1.78. The third kappa shape index (κ3) is 1.10. The van der Waals surface area contributed by atoms with Gasteiger partial charge in [-0.05, 0) is 12.1 Å². The maximum atomic E-state index is 6.32. The third-order valence-corrected chi connectivity index (χ3v) is 0.795. The summed E-state index contributed by atoms with van der Waals surface area (Å²) in [6, 6.07) is 3.52. The quantitative estimate of drug-likeness (QED) is 0.571. The highest BCUT2D eigenvalue weighted by atomic mass is 16.5. The fourth-order valence-corrected chi connectivity index (χ4v) is 0.466. The molecule has 0 N–H and O–H groups in total. The molecule has 1 aromatic rings. The van der Waals surface area contributed by atoms with Crippen molar-refractivity contribution >= 4 is 0 Å². The van der Waals surface area contributed by atoms with Gasteiger partial charge in [-0.2, -0.15) is 0 Å². The number of hydrogen-bond acceptors (Lipinski definition) is 2. The van der Waals surface area contributed by atoms with Crippen molar-refractivity contribution in [2.75, 3.05) is 0 Å². The van der Waals surface area contributed by atoms with E-state index < -0.39 is 0 Å². The third-order valence-electron chi connectivity index (χ3n) is 0.795. The van der Waals surface area contributed by atoms with E-state index in [4.69, 9.17) is 11.5 Å². The van der Waals surface area contributed by atoms with Gasteiger partial charge in [0.1, 0.15) is 12.4 Å². The molecule has 0 amide bonds. The molecule has 3 radical (unpaired) electrons. The van der Waals surface area contributed by atoms with E-state index in [-0.39, 0.29) is 6.61 Å². The van der Waals surface area contributed by atoms with Crippen molar-refractivity contribution in [2.24, 2.45) is 0 Å². The van der Waals surface area contributed by atoms with Gasteiger partial charge in [-0.15, -0.1) is 0 Å². The second kappa shape index (κ2) is 2.52. The summed E-state index contributed by atoms with van der Waals surface area (Å²) in [4.78, 5) is 0. The van der Waals surface area contributed by atoms with Crippen LogP contribution in [0.5, 0.6) is 0 Å². The van der Waals surface area contributed by atoms with E-state index in [2.05, 4.69) is 4.74 Å². The Labute approximate surface area is 48.1 Å². The molecule has 1 rings (SSSR count). The Balaban J connectivity index is 2.50. The largest absolute Gasteiger partial charge is 0.467 e. The van der Waals surface area contributed by atoms with Crippen LogP contribution in [0.2, 0.25) is 0 Å². The normalized spacial score (nSPS) is 9.62. The molecule has 0 spiro atoms. The lowest BCUT2D eigenvalue weighted by Gasteiger charge is -1.87. The lowest BCUT2D eigenvalue weighted by molar-refractivity contribution is 0.203. The molecule has 0 aliphatic rings. The monoisotopic (exact) mass is 109 g/mol. The van der Waals surface area contributed by atoms with E-state index in [0.29, 0.717) is 5.76 Å². The van der Waals surface area contributed by atoms with Crippen LogP contribution in [-0.2, 0) is 11.3 Å². The van der Waals surface area contributed by atoms with Crippen molar-refractivity contribution in [3.05, 3.63) is 31.3 Å². The Hall–Kier alpha value is -0.760. The van der Waals surface area contributed by atoms with Crippen molar-refractivity contribution in [2.45, 2.75) is 6.61 Å². The highest BCUT2D eigenvalue weighted by Crippen LogP contribution is 1.99. The molecule has 0 unspecified atom stereocenters. The summed E-state index contributed by atoms with van der Waals surface area (Å²) in [5.74, 6) is 0.681. The van der Waals surface area contributed by atoms with Crippen LogP contribution < -0.4 is 0 Å². The maximum absolute atomic E-state index is 6.32. The average Bonchev–Trinajstić information content (AvgIpc) is 2.19. The predicted octanol–water partition coefficient (Wildman–Crippen LogP) is 1.34. The average molecular weight is 109 g/mol. The molecule has 0 saturated heterocycles. The summed E-state index contributed by atoms with van der Waals surface area (Å²) in [6.07, 6.45) is 1.55. The first kappa shape index (κ1) is 5.38. The van der Waals surface area contributed by atoms with Gasteiger partial charge in [-0.25, -0.2) is 0 Å². The SMILES string of the molecule is [C]OCc1ccco1. The minimum Gasteiger partial charge on any atom is -0.467 e. The Morgan fingerprint density at radius 1 is 1.75 bits per heavy atom. The van der Waals surface area contributed by atoms with Gasteiger partial charge in [0.05, 0.1) is 6.26 Å². The highest BCUT2D eigenvalue weighted by molar-refractivity contribution is 4.95. The minimum absolute atomic E-state index is 0.229. The van der Waals surface area contributed by atoms with Crippen molar-refractivity contribution < 1.29 is 9.15 Å². The Morgan fingerprint density at radius 2 is 2.62 bits per heavy atom. The van der Waals surface area contributed by atoms with Crippen molar-refractivity contribution in [1.29, 1.82) is 0 Å². The highest BCUT2D eigenvalue weighted by Gasteiger charge is 1.89. The molecule has 8 heavy (non-hydrogen) atoms.